The fraction of sp³-hybridized carbons (Fsp3) is 0.208. The maximum Gasteiger partial charge on any atom is 0.114 e. The highest BCUT2D eigenvalue weighted by atomic mass is 15.1. The lowest BCUT2D eigenvalue weighted by molar-refractivity contribution is 0.600. The Morgan fingerprint density at radius 1 is 1.00 bits per heavy atom. The van der Waals surface area contributed by atoms with E-state index in [1.54, 1.807) is 0 Å². The maximum atomic E-state index is 4.82. The lowest BCUT2D eigenvalue weighted by Crippen LogP contribution is -2.19. The number of allylic oxidation sites excluding steroid dienone is 2. The summed E-state index contributed by atoms with van der Waals surface area (Å²) in [5, 5.41) is 0. The van der Waals surface area contributed by atoms with Gasteiger partial charge in [0.05, 0.1) is 17.6 Å². The van der Waals surface area contributed by atoms with E-state index >= 15 is 0 Å². The third-order valence-corrected chi connectivity index (χ3v) is 5.62. The van der Waals surface area contributed by atoms with Crippen molar-refractivity contribution in [3.63, 3.8) is 0 Å². The Balaban J connectivity index is 1.79. The molecule has 0 radical (unpaired) electrons. The second kappa shape index (κ2) is 5.84. The van der Waals surface area contributed by atoms with Crippen molar-refractivity contribution in [2.45, 2.75) is 26.2 Å². The summed E-state index contributed by atoms with van der Waals surface area (Å²) in [6, 6.07) is 19.4. The smallest absolute Gasteiger partial charge is 0.114 e. The number of nitrogens with zero attached hydrogens (tertiary/aromatic N) is 2. The second-order valence-electron chi connectivity index (χ2n) is 7.54. The standard InChI is InChI=1S/C24H22N2/c1-16-7-6-10-19(11-16)24-21-13-17(2)12-20(21)14-23-25-15-22(26(23)24)18-8-4-3-5-9-18/h3-11,15,20H,2,12-14H2,1H3. The third-order valence-electron chi connectivity index (χ3n) is 5.62. The number of rotatable bonds is 2. The molecule has 1 atom stereocenters. The van der Waals surface area contributed by atoms with Gasteiger partial charge in [0.2, 0.25) is 0 Å². The van der Waals surface area contributed by atoms with Crippen LogP contribution in [0.1, 0.15) is 29.8 Å². The topological polar surface area (TPSA) is 17.8 Å². The molecule has 3 aromatic rings. The lowest BCUT2D eigenvalue weighted by atomic mass is 9.90. The molecule has 0 N–H and O–H groups in total. The number of hydrogen-bond donors (Lipinski definition) is 0. The van der Waals surface area contributed by atoms with E-state index < -0.39 is 0 Å². The Morgan fingerprint density at radius 3 is 2.62 bits per heavy atom. The average molecular weight is 338 g/mol. The van der Waals surface area contributed by atoms with Crippen LogP contribution in [-0.2, 0) is 6.42 Å². The van der Waals surface area contributed by atoms with E-state index in [-0.39, 0.29) is 0 Å². The molecule has 1 saturated carbocycles. The number of aromatic nitrogens is 2. The molecule has 2 aliphatic rings. The summed E-state index contributed by atoms with van der Waals surface area (Å²) >= 11 is 0. The van der Waals surface area contributed by atoms with Crippen LogP contribution >= 0.6 is 0 Å². The lowest BCUT2D eigenvalue weighted by Gasteiger charge is -2.27. The zero-order valence-electron chi connectivity index (χ0n) is 15.1. The fourth-order valence-electron chi connectivity index (χ4n) is 4.50. The number of imidazole rings is 1. The molecule has 128 valence electrons. The molecule has 0 amide bonds. The number of hydrogen-bond acceptors (Lipinski definition) is 1. The normalized spacial score (nSPS) is 18.8. The average Bonchev–Trinajstić information content (AvgIpc) is 3.22. The van der Waals surface area contributed by atoms with Gasteiger partial charge in [0, 0.05) is 12.0 Å². The largest absolute Gasteiger partial charge is 0.296 e. The van der Waals surface area contributed by atoms with Crippen LogP contribution in [0.3, 0.4) is 0 Å². The molecule has 1 aliphatic carbocycles. The van der Waals surface area contributed by atoms with Crippen LogP contribution in [0, 0.1) is 12.8 Å². The first-order valence-electron chi connectivity index (χ1n) is 9.30. The van der Waals surface area contributed by atoms with Crippen molar-refractivity contribution in [2.24, 2.45) is 5.92 Å². The Morgan fingerprint density at radius 2 is 1.81 bits per heavy atom. The quantitative estimate of drug-likeness (QED) is 0.553. The molecular weight excluding hydrogens is 316 g/mol. The van der Waals surface area contributed by atoms with Crippen LogP contribution in [-0.4, -0.2) is 9.55 Å². The molecule has 1 aliphatic heterocycles. The molecule has 26 heavy (non-hydrogen) atoms. The molecule has 0 saturated heterocycles. The summed E-state index contributed by atoms with van der Waals surface area (Å²) in [4.78, 5) is 4.82. The van der Waals surface area contributed by atoms with E-state index in [0.29, 0.717) is 5.92 Å². The Hall–Kier alpha value is -2.87. The van der Waals surface area contributed by atoms with Gasteiger partial charge in [-0.25, -0.2) is 4.98 Å². The minimum atomic E-state index is 0.552. The van der Waals surface area contributed by atoms with Gasteiger partial charge >= 0.3 is 0 Å². The Bertz CT molecular complexity index is 1040. The molecular formula is C24H22N2. The Kier molecular flexibility index (Phi) is 3.46. The number of fused-ring (bicyclic) bond motifs is 2. The van der Waals surface area contributed by atoms with Gasteiger partial charge in [0.25, 0.3) is 0 Å². The zero-order valence-corrected chi connectivity index (χ0v) is 15.1. The number of benzene rings is 2. The van der Waals surface area contributed by atoms with Gasteiger partial charge in [-0.05, 0) is 42.9 Å². The first-order chi connectivity index (χ1) is 12.7. The van der Waals surface area contributed by atoms with E-state index in [1.165, 1.54) is 45.1 Å². The fourth-order valence-corrected chi connectivity index (χ4v) is 4.50. The van der Waals surface area contributed by atoms with Crippen LogP contribution < -0.4 is 0 Å². The molecule has 0 bridgehead atoms. The minimum absolute atomic E-state index is 0.552. The summed E-state index contributed by atoms with van der Waals surface area (Å²) in [5.41, 5.74) is 9.18. The first-order valence-corrected chi connectivity index (χ1v) is 9.30. The summed E-state index contributed by atoms with van der Waals surface area (Å²) in [6.07, 6.45) is 5.16. The van der Waals surface area contributed by atoms with Gasteiger partial charge < -0.3 is 0 Å². The van der Waals surface area contributed by atoms with Gasteiger partial charge in [-0.3, -0.25) is 4.57 Å². The molecule has 1 aromatic heterocycles. The van der Waals surface area contributed by atoms with Gasteiger partial charge in [-0.1, -0.05) is 66.2 Å². The molecule has 1 unspecified atom stereocenters. The van der Waals surface area contributed by atoms with E-state index in [0.717, 1.165) is 19.3 Å². The summed E-state index contributed by atoms with van der Waals surface area (Å²) in [6.45, 7) is 6.45. The highest BCUT2D eigenvalue weighted by Crippen LogP contribution is 2.46. The van der Waals surface area contributed by atoms with Crippen molar-refractivity contribution < 1.29 is 0 Å². The molecule has 1 fully saturated rings. The Labute approximate surface area is 154 Å². The predicted molar refractivity (Wildman–Crippen MR) is 107 cm³/mol. The van der Waals surface area contributed by atoms with Crippen molar-refractivity contribution in [2.75, 3.05) is 0 Å². The SMILES string of the molecule is C=C1CC2=C(c3cccc(C)c3)n3c(-c4ccccc4)cnc3CC2C1. The van der Waals surface area contributed by atoms with Crippen LogP contribution in [0.4, 0.5) is 0 Å². The maximum absolute atomic E-state index is 4.82. The zero-order chi connectivity index (χ0) is 17.7. The first kappa shape index (κ1) is 15.4. The molecule has 0 spiro atoms. The van der Waals surface area contributed by atoms with Crippen molar-refractivity contribution in [1.29, 1.82) is 0 Å². The molecule has 2 nitrogen and oxygen atoms in total. The van der Waals surface area contributed by atoms with Crippen molar-refractivity contribution in [3.05, 3.63) is 95.5 Å². The van der Waals surface area contributed by atoms with E-state index in [9.17, 15) is 0 Å². The van der Waals surface area contributed by atoms with Gasteiger partial charge in [-0.2, -0.15) is 0 Å². The van der Waals surface area contributed by atoms with Crippen molar-refractivity contribution in [3.8, 4) is 11.3 Å². The molecule has 5 rings (SSSR count). The van der Waals surface area contributed by atoms with Gasteiger partial charge in [0.1, 0.15) is 5.82 Å². The molecule has 2 heteroatoms. The highest BCUT2D eigenvalue weighted by molar-refractivity contribution is 5.78. The van der Waals surface area contributed by atoms with Gasteiger partial charge in [-0.15, -0.1) is 0 Å². The van der Waals surface area contributed by atoms with Crippen LogP contribution in [0.25, 0.3) is 17.0 Å². The van der Waals surface area contributed by atoms with E-state index in [2.05, 4.69) is 72.7 Å². The minimum Gasteiger partial charge on any atom is -0.296 e. The summed E-state index contributed by atoms with van der Waals surface area (Å²) in [7, 11) is 0. The molecule has 2 aromatic carbocycles. The van der Waals surface area contributed by atoms with E-state index in [1.807, 2.05) is 6.20 Å². The summed E-state index contributed by atoms with van der Waals surface area (Å²) in [5.74, 6) is 1.72. The van der Waals surface area contributed by atoms with Crippen LogP contribution in [0.15, 0.2) is 78.5 Å². The van der Waals surface area contributed by atoms with Crippen LogP contribution in [0.2, 0.25) is 0 Å². The highest BCUT2D eigenvalue weighted by Gasteiger charge is 2.34. The number of aryl methyl sites for hydroxylation is 1. The van der Waals surface area contributed by atoms with Crippen molar-refractivity contribution >= 4 is 5.70 Å². The van der Waals surface area contributed by atoms with E-state index in [4.69, 9.17) is 4.98 Å². The third kappa shape index (κ3) is 2.37. The predicted octanol–water partition coefficient (Wildman–Crippen LogP) is 5.64. The molecule has 2 heterocycles. The van der Waals surface area contributed by atoms with Crippen LogP contribution in [0.5, 0.6) is 0 Å². The summed E-state index contributed by atoms with van der Waals surface area (Å²) < 4.78 is 2.40. The van der Waals surface area contributed by atoms with Gasteiger partial charge in [0.15, 0.2) is 0 Å². The van der Waals surface area contributed by atoms with Crippen molar-refractivity contribution in [1.82, 2.24) is 9.55 Å². The second-order valence-corrected chi connectivity index (χ2v) is 7.54. The monoisotopic (exact) mass is 338 g/mol.